The number of carbonyl (C=O) groups is 2. The second-order valence-corrected chi connectivity index (χ2v) is 7.06. The van der Waals surface area contributed by atoms with Crippen LogP contribution in [0, 0.1) is 0 Å². The van der Waals surface area contributed by atoms with Crippen molar-refractivity contribution in [2.75, 3.05) is 18.0 Å². The number of hydrogen-bond acceptors (Lipinski definition) is 3. The van der Waals surface area contributed by atoms with Crippen LogP contribution in [-0.2, 0) is 11.3 Å². The number of aromatic amines is 1. The molecule has 0 bridgehead atoms. The molecule has 0 atom stereocenters. The molecule has 0 saturated carbocycles. The minimum absolute atomic E-state index is 0.0129. The maximum absolute atomic E-state index is 13.1. The minimum atomic E-state index is -0.0390. The summed E-state index contributed by atoms with van der Waals surface area (Å²) in [6, 6.07) is 11.9. The van der Waals surface area contributed by atoms with Crippen LogP contribution >= 0.6 is 0 Å². The molecule has 3 heterocycles. The number of carbonyl (C=O) groups excluding carboxylic acids is 2. The summed E-state index contributed by atoms with van der Waals surface area (Å²) in [5, 5.41) is 7.98. The predicted molar refractivity (Wildman–Crippen MR) is 103 cm³/mol. The molecule has 0 unspecified atom stereocenters. The van der Waals surface area contributed by atoms with E-state index in [1.165, 1.54) is 6.08 Å². The Morgan fingerprint density at radius 1 is 1.26 bits per heavy atom. The quantitative estimate of drug-likeness (QED) is 0.732. The molecule has 3 aromatic rings. The number of aromatic nitrogens is 2. The van der Waals surface area contributed by atoms with Crippen molar-refractivity contribution in [3.05, 3.63) is 71.9 Å². The summed E-state index contributed by atoms with van der Waals surface area (Å²) in [6.07, 6.45) is 3.10. The normalized spacial score (nSPS) is 16.5. The van der Waals surface area contributed by atoms with Crippen molar-refractivity contribution < 1.29 is 9.59 Å². The van der Waals surface area contributed by atoms with E-state index in [4.69, 9.17) is 0 Å². The van der Waals surface area contributed by atoms with Crippen LogP contribution in [0.15, 0.2) is 55.3 Å². The van der Waals surface area contributed by atoms with Crippen molar-refractivity contribution >= 4 is 28.4 Å². The van der Waals surface area contributed by atoms with E-state index in [-0.39, 0.29) is 17.7 Å². The summed E-state index contributed by atoms with van der Waals surface area (Å²) >= 11 is 0. The van der Waals surface area contributed by atoms with Crippen molar-refractivity contribution in [2.45, 2.75) is 12.5 Å². The van der Waals surface area contributed by atoms with Crippen LogP contribution in [0.4, 0.5) is 5.69 Å². The molecule has 27 heavy (non-hydrogen) atoms. The van der Waals surface area contributed by atoms with E-state index >= 15 is 0 Å². The third-order valence-corrected chi connectivity index (χ3v) is 5.53. The van der Waals surface area contributed by atoms with Crippen molar-refractivity contribution in [1.29, 1.82) is 0 Å². The molecule has 0 radical (unpaired) electrons. The van der Waals surface area contributed by atoms with Gasteiger partial charge in [-0.3, -0.25) is 14.7 Å². The third kappa shape index (κ3) is 2.37. The second-order valence-electron chi connectivity index (χ2n) is 7.06. The molecular formula is C21H18N4O2. The largest absolute Gasteiger partial charge is 0.338 e. The molecule has 6 nitrogen and oxygen atoms in total. The predicted octanol–water partition coefficient (Wildman–Crippen LogP) is 2.84. The molecule has 5 rings (SSSR count). The van der Waals surface area contributed by atoms with Gasteiger partial charge in [0.25, 0.3) is 5.91 Å². The van der Waals surface area contributed by atoms with Crippen LogP contribution in [0.1, 0.15) is 27.4 Å². The lowest BCUT2D eigenvalue weighted by Crippen LogP contribution is -2.47. The number of nitrogens with zero attached hydrogens (tertiary/aromatic N) is 3. The Hall–Kier alpha value is -3.41. The molecular weight excluding hydrogens is 340 g/mol. The fraction of sp³-hybridized carbons (Fsp3) is 0.190. The first-order valence-electron chi connectivity index (χ1n) is 8.94. The van der Waals surface area contributed by atoms with Gasteiger partial charge in [0.05, 0.1) is 23.9 Å². The summed E-state index contributed by atoms with van der Waals surface area (Å²) in [7, 11) is 0. The van der Waals surface area contributed by atoms with Crippen LogP contribution in [0.5, 0.6) is 0 Å². The van der Waals surface area contributed by atoms with E-state index in [1.54, 1.807) is 16.0 Å². The first-order valence-corrected chi connectivity index (χ1v) is 8.94. The molecule has 1 fully saturated rings. The highest BCUT2D eigenvalue weighted by atomic mass is 16.2. The average molecular weight is 358 g/mol. The molecule has 2 aromatic carbocycles. The Balaban J connectivity index is 1.42. The van der Waals surface area contributed by atoms with E-state index < -0.39 is 0 Å². The van der Waals surface area contributed by atoms with Gasteiger partial charge < -0.3 is 9.80 Å². The zero-order chi connectivity index (χ0) is 18.5. The molecule has 1 N–H and O–H groups in total. The van der Waals surface area contributed by atoms with E-state index in [0.29, 0.717) is 19.6 Å². The maximum Gasteiger partial charge on any atom is 0.258 e. The lowest BCUT2D eigenvalue weighted by atomic mass is 9.89. The SMILES string of the molecule is C=CC(=O)N1CC(c2ccc3c(c2)C(=O)N(c2cccc4[nH]ncc24)C3)C1. The number of likely N-dealkylation sites (tertiary alicyclic amines) is 1. The Morgan fingerprint density at radius 3 is 2.93 bits per heavy atom. The van der Waals surface area contributed by atoms with E-state index in [9.17, 15) is 9.59 Å². The summed E-state index contributed by atoms with van der Waals surface area (Å²) in [6.45, 7) is 5.44. The van der Waals surface area contributed by atoms with Gasteiger partial charge >= 0.3 is 0 Å². The molecule has 2 amide bonds. The van der Waals surface area contributed by atoms with Gasteiger partial charge in [0.15, 0.2) is 0 Å². The Bertz CT molecular complexity index is 1090. The summed E-state index contributed by atoms with van der Waals surface area (Å²) in [4.78, 5) is 28.3. The van der Waals surface area contributed by atoms with Gasteiger partial charge in [0, 0.05) is 30.0 Å². The van der Waals surface area contributed by atoms with Gasteiger partial charge in [0.1, 0.15) is 0 Å². The molecule has 2 aliphatic heterocycles. The fourth-order valence-electron chi connectivity index (χ4n) is 3.95. The third-order valence-electron chi connectivity index (χ3n) is 5.53. The van der Waals surface area contributed by atoms with E-state index in [1.807, 2.05) is 30.3 Å². The van der Waals surface area contributed by atoms with Crippen LogP contribution in [0.3, 0.4) is 0 Å². The van der Waals surface area contributed by atoms with Gasteiger partial charge in [-0.1, -0.05) is 24.8 Å². The Morgan fingerprint density at radius 2 is 2.11 bits per heavy atom. The monoisotopic (exact) mass is 358 g/mol. The molecule has 0 spiro atoms. The van der Waals surface area contributed by atoms with E-state index in [0.717, 1.165) is 33.3 Å². The number of rotatable bonds is 3. The van der Waals surface area contributed by atoms with Gasteiger partial charge in [-0.2, -0.15) is 5.10 Å². The highest BCUT2D eigenvalue weighted by Crippen LogP contribution is 2.35. The number of anilines is 1. The minimum Gasteiger partial charge on any atom is -0.338 e. The van der Waals surface area contributed by atoms with Crippen LogP contribution in [0.25, 0.3) is 10.9 Å². The number of benzene rings is 2. The van der Waals surface area contributed by atoms with Crippen LogP contribution < -0.4 is 4.90 Å². The standard InChI is InChI=1S/C21H18N4O2/c1-2-20(26)24-10-15(11-24)13-6-7-14-12-25(21(27)16(14)8-13)19-5-3-4-18-17(19)9-22-23-18/h2-9,15H,1,10-12H2,(H,22,23). The summed E-state index contributed by atoms with van der Waals surface area (Å²) in [5.41, 5.74) is 4.68. The highest BCUT2D eigenvalue weighted by molar-refractivity contribution is 6.13. The topological polar surface area (TPSA) is 69.3 Å². The fourth-order valence-corrected chi connectivity index (χ4v) is 3.95. The molecule has 134 valence electrons. The van der Waals surface area contributed by atoms with Gasteiger partial charge in [-0.25, -0.2) is 0 Å². The Labute approximate surface area is 156 Å². The summed E-state index contributed by atoms with van der Waals surface area (Å²) in [5.74, 6) is 0.250. The Kier molecular flexibility index (Phi) is 3.40. The molecule has 1 aromatic heterocycles. The van der Waals surface area contributed by atoms with Gasteiger partial charge in [0.2, 0.25) is 5.91 Å². The first kappa shape index (κ1) is 15.8. The van der Waals surface area contributed by atoms with Crippen LogP contribution in [-0.4, -0.2) is 40.0 Å². The number of hydrogen-bond donors (Lipinski definition) is 1. The number of fused-ring (bicyclic) bond motifs is 2. The van der Waals surface area contributed by atoms with Crippen molar-refractivity contribution in [2.24, 2.45) is 0 Å². The van der Waals surface area contributed by atoms with Gasteiger partial charge in [-0.15, -0.1) is 0 Å². The van der Waals surface area contributed by atoms with Gasteiger partial charge in [-0.05, 0) is 35.4 Å². The average Bonchev–Trinajstić information content (AvgIpc) is 3.25. The molecule has 6 heteroatoms. The molecule has 1 saturated heterocycles. The molecule has 0 aliphatic carbocycles. The number of amides is 2. The van der Waals surface area contributed by atoms with Crippen LogP contribution in [0.2, 0.25) is 0 Å². The van der Waals surface area contributed by atoms with Crippen molar-refractivity contribution in [1.82, 2.24) is 15.1 Å². The van der Waals surface area contributed by atoms with E-state index in [2.05, 4.69) is 22.8 Å². The smallest absolute Gasteiger partial charge is 0.258 e. The zero-order valence-electron chi connectivity index (χ0n) is 14.7. The lowest BCUT2D eigenvalue weighted by Gasteiger charge is -2.39. The number of H-pyrrole nitrogens is 1. The zero-order valence-corrected chi connectivity index (χ0v) is 14.7. The molecule has 2 aliphatic rings. The first-order chi connectivity index (χ1) is 13.2. The summed E-state index contributed by atoms with van der Waals surface area (Å²) < 4.78 is 0. The maximum atomic E-state index is 13.1. The number of nitrogens with one attached hydrogen (secondary N) is 1. The highest BCUT2D eigenvalue weighted by Gasteiger charge is 2.34. The lowest BCUT2D eigenvalue weighted by molar-refractivity contribution is -0.130. The van der Waals surface area contributed by atoms with Crippen molar-refractivity contribution in [3.63, 3.8) is 0 Å². The van der Waals surface area contributed by atoms with Crippen molar-refractivity contribution in [3.8, 4) is 0 Å². The second kappa shape index (κ2) is 5.81.